The minimum Gasteiger partial charge on any atom is -0.496 e. The maximum Gasteiger partial charge on any atom is 0.124 e. The summed E-state index contributed by atoms with van der Waals surface area (Å²) in [7, 11) is 1.70. The van der Waals surface area contributed by atoms with Crippen molar-refractivity contribution in [3.63, 3.8) is 0 Å². The number of aryl methyl sites for hydroxylation is 3. The Hall–Kier alpha value is -1.00. The Morgan fingerprint density at radius 1 is 1.18 bits per heavy atom. The van der Waals surface area contributed by atoms with Crippen LogP contribution in [0, 0.1) is 20.8 Å². The third-order valence-corrected chi connectivity index (χ3v) is 4.34. The Balaban J connectivity index is 2.56. The predicted octanol–water partition coefficient (Wildman–Crippen LogP) is 4.03. The van der Waals surface area contributed by atoms with Crippen molar-refractivity contribution in [1.82, 2.24) is 4.98 Å². The molecule has 1 aromatic carbocycles. The van der Waals surface area contributed by atoms with E-state index in [9.17, 15) is 0 Å². The predicted molar refractivity (Wildman–Crippen MR) is 75.6 cm³/mol. The zero-order chi connectivity index (χ0) is 12.6. The van der Waals surface area contributed by atoms with Crippen LogP contribution in [0.15, 0.2) is 16.3 Å². The van der Waals surface area contributed by atoms with Gasteiger partial charge in [0.05, 0.1) is 17.0 Å². The fourth-order valence-electron chi connectivity index (χ4n) is 1.74. The van der Waals surface area contributed by atoms with Gasteiger partial charge in [-0.25, -0.2) is 4.98 Å². The minimum absolute atomic E-state index is 0.922. The van der Waals surface area contributed by atoms with Crippen LogP contribution in [0.4, 0.5) is 0 Å². The second-order valence-electron chi connectivity index (χ2n) is 4.05. The van der Waals surface area contributed by atoms with Gasteiger partial charge in [0.2, 0.25) is 0 Å². The summed E-state index contributed by atoms with van der Waals surface area (Å²) < 4.78 is 6.29. The Kier molecular flexibility index (Phi) is 3.45. The first-order chi connectivity index (χ1) is 8.02. The zero-order valence-corrected chi connectivity index (χ0v) is 12.1. The second-order valence-corrected chi connectivity index (χ2v) is 5.80. The molecule has 2 nitrogen and oxygen atoms in total. The lowest BCUT2D eigenvalue weighted by Crippen LogP contribution is -1.91. The van der Waals surface area contributed by atoms with Gasteiger partial charge >= 0.3 is 0 Å². The van der Waals surface area contributed by atoms with Gasteiger partial charge in [0, 0.05) is 5.56 Å². The van der Waals surface area contributed by atoms with Gasteiger partial charge in [-0.3, -0.25) is 0 Å². The van der Waals surface area contributed by atoms with Crippen molar-refractivity contribution in [2.75, 3.05) is 7.11 Å². The summed E-state index contributed by atoms with van der Waals surface area (Å²) in [5.41, 5.74) is 4.45. The third kappa shape index (κ3) is 2.33. The molecule has 0 saturated carbocycles. The molecule has 0 aliphatic carbocycles. The van der Waals surface area contributed by atoms with Crippen molar-refractivity contribution in [2.45, 2.75) is 25.0 Å². The highest BCUT2D eigenvalue weighted by molar-refractivity contribution is 7.83. The van der Waals surface area contributed by atoms with E-state index >= 15 is 0 Å². The van der Waals surface area contributed by atoms with Gasteiger partial charge in [-0.15, -0.1) is 24.0 Å². The summed E-state index contributed by atoms with van der Waals surface area (Å²) in [6, 6.07) is 4.18. The van der Waals surface area contributed by atoms with E-state index in [1.807, 2.05) is 13.8 Å². The summed E-state index contributed by atoms with van der Waals surface area (Å²) in [6.07, 6.45) is 0. The molecule has 0 bridgehead atoms. The van der Waals surface area contributed by atoms with Gasteiger partial charge in [0.25, 0.3) is 0 Å². The molecule has 2 rings (SSSR count). The van der Waals surface area contributed by atoms with Crippen LogP contribution >= 0.6 is 24.0 Å². The average molecular weight is 265 g/mol. The van der Waals surface area contributed by atoms with Gasteiger partial charge in [-0.05, 0) is 44.0 Å². The van der Waals surface area contributed by atoms with E-state index in [2.05, 4.69) is 36.7 Å². The largest absolute Gasteiger partial charge is 0.496 e. The molecule has 0 saturated heterocycles. The number of thiazole rings is 1. The van der Waals surface area contributed by atoms with E-state index in [-0.39, 0.29) is 0 Å². The molecule has 2 aromatic rings. The molecule has 0 atom stereocenters. The Bertz CT molecular complexity index is 541. The smallest absolute Gasteiger partial charge is 0.124 e. The van der Waals surface area contributed by atoms with E-state index in [0.717, 1.165) is 31.8 Å². The van der Waals surface area contributed by atoms with Crippen LogP contribution in [0.1, 0.15) is 16.8 Å². The van der Waals surface area contributed by atoms with Crippen LogP contribution in [-0.2, 0) is 0 Å². The van der Waals surface area contributed by atoms with Gasteiger partial charge in [0.15, 0.2) is 0 Å². The minimum atomic E-state index is 0.922. The fraction of sp³-hybridized carbons (Fsp3) is 0.308. The van der Waals surface area contributed by atoms with Crippen molar-refractivity contribution < 1.29 is 4.74 Å². The van der Waals surface area contributed by atoms with Crippen molar-refractivity contribution in [1.29, 1.82) is 0 Å². The standard InChI is InChI=1S/C13H15NOS2/c1-7-6-11(15-4)8(2)5-10(7)12-14-9(3)13(16)17-12/h5-6,16H,1-4H3. The molecule has 0 unspecified atom stereocenters. The lowest BCUT2D eigenvalue weighted by Gasteiger charge is -2.09. The van der Waals surface area contributed by atoms with Crippen LogP contribution in [0.2, 0.25) is 0 Å². The normalized spacial score (nSPS) is 10.6. The van der Waals surface area contributed by atoms with Gasteiger partial charge in [-0.1, -0.05) is 0 Å². The first kappa shape index (κ1) is 12.5. The number of benzene rings is 1. The molecule has 0 aliphatic rings. The molecule has 90 valence electrons. The third-order valence-electron chi connectivity index (χ3n) is 2.74. The molecule has 0 spiro atoms. The number of nitrogens with zero attached hydrogens (tertiary/aromatic N) is 1. The lowest BCUT2D eigenvalue weighted by molar-refractivity contribution is 0.411. The molecule has 1 heterocycles. The number of ether oxygens (including phenoxy) is 1. The van der Waals surface area contributed by atoms with Gasteiger partial charge in [-0.2, -0.15) is 0 Å². The van der Waals surface area contributed by atoms with Crippen molar-refractivity contribution in [3.05, 3.63) is 29.0 Å². The lowest BCUT2D eigenvalue weighted by atomic mass is 10.1. The highest BCUT2D eigenvalue weighted by Crippen LogP contribution is 2.34. The van der Waals surface area contributed by atoms with Crippen molar-refractivity contribution >= 4 is 24.0 Å². The van der Waals surface area contributed by atoms with Gasteiger partial charge in [0.1, 0.15) is 10.8 Å². The Labute approximate surface area is 111 Å². The molecule has 0 radical (unpaired) electrons. The van der Waals surface area contributed by atoms with E-state index in [0.29, 0.717) is 0 Å². The van der Waals surface area contributed by atoms with Gasteiger partial charge < -0.3 is 4.74 Å². The number of rotatable bonds is 2. The molecule has 1 aromatic heterocycles. The topological polar surface area (TPSA) is 22.1 Å². The monoisotopic (exact) mass is 265 g/mol. The maximum atomic E-state index is 5.31. The number of aromatic nitrogens is 1. The molecule has 0 aliphatic heterocycles. The molecule has 0 fully saturated rings. The second kappa shape index (κ2) is 4.70. The van der Waals surface area contributed by atoms with E-state index in [1.165, 1.54) is 5.56 Å². The van der Waals surface area contributed by atoms with Crippen LogP contribution in [0.3, 0.4) is 0 Å². The first-order valence-electron chi connectivity index (χ1n) is 5.35. The summed E-state index contributed by atoms with van der Waals surface area (Å²) >= 11 is 6.02. The fourth-order valence-corrected chi connectivity index (χ4v) is 2.94. The molecule has 0 amide bonds. The highest BCUT2D eigenvalue weighted by atomic mass is 32.2. The number of thiol groups is 1. The van der Waals surface area contributed by atoms with Crippen LogP contribution < -0.4 is 4.74 Å². The van der Waals surface area contributed by atoms with E-state index in [4.69, 9.17) is 4.74 Å². The van der Waals surface area contributed by atoms with Crippen molar-refractivity contribution in [3.8, 4) is 16.3 Å². The first-order valence-corrected chi connectivity index (χ1v) is 6.61. The Morgan fingerprint density at radius 3 is 2.41 bits per heavy atom. The summed E-state index contributed by atoms with van der Waals surface area (Å²) in [4.78, 5) is 4.54. The van der Waals surface area contributed by atoms with E-state index < -0.39 is 0 Å². The van der Waals surface area contributed by atoms with Crippen LogP contribution in [0.25, 0.3) is 10.6 Å². The number of hydrogen-bond acceptors (Lipinski definition) is 4. The van der Waals surface area contributed by atoms with Crippen LogP contribution in [0.5, 0.6) is 5.75 Å². The summed E-state index contributed by atoms with van der Waals surface area (Å²) in [5, 5.41) is 1.02. The highest BCUT2D eigenvalue weighted by Gasteiger charge is 2.11. The average Bonchev–Trinajstić information content (AvgIpc) is 2.61. The number of hydrogen-bond donors (Lipinski definition) is 1. The SMILES string of the molecule is COc1cc(C)c(-c2nc(C)c(S)s2)cc1C. The maximum absolute atomic E-state index is 5.31. The Morgan fingerprint density at radius 2 is 1.88 bits per heavy atom. The number of methoxy groups -OCH3 is 1. The molecular weight excluding hydrogens is 250 g/mol. The summed E-state index contributed by atoms with van der Waals surface area (Å²) in [6.45, 7) is 6.10. The molecule has 0 N–H and O–H groups in total. The quantitative estimate of drug-likeness (QED) is 0.828. The zero-order valence-electron chi connectivity index (χ0n) is 10.4. The molecule has 4 heteroatoms. The molecular formula is C13H15NOS2. The molecule has 17 heavy (non-hydrogen) atoms. The van der Waals surface area contributed by atoms with Crippen LogP contribution in [-0.4, -0.2) is 12.1 Å². The van der Waals surface area contributed by atoms with E-state index in [1.54, 1.807) is 18.4 Å². The van der Waals surface area contributed by atoms with Crippen molar-refractivity contribution in [2.24, 2.45) is 0 Å². The summed E-state index contributed by atoms with van der Waals surface area (Å²) in [5.74, 6) is 0.922.